The van der Waals surface area contributed by atoms with Gasteiger partial charge in [-0.15, -0.1) is 0 Å². The number of urea groups is 1. The van der Waals surface area contributed by atoms with Gasteiger partial charge in [-0.2, -0.15) is 0 Å². The molecule has 0 bridgehead atoms. The first kappa shape index (κ1) is 17.0. The van der Waals surface area contributed by atoms with Gasteiger partial charge < -0.3 is 20.4 Å². The molecule has 1 aromatic heterocycles. The van der Waals surface area contributed by atoms with E-state index in [0.717, 1.165) is 0 Å². The minimum Gasteiger partial charge on any atom is -0.467 e. The van der Waals surface area contributed by atoms with E-state index in [2.05, 4.69) is 16.0 Å². The van der Waals surface area contributed by atoms with E-state index in [4.69, 9.17) is 4.42 Å². The van der Waals surface area contributed by atoms with Crippen LogP contribution in [-0.2, 0) is 11.3 Å². The highest BCUT2D eigenvalue weighted by Gasteiger charge is 2.16. The lowest BCUT2D eigenvalue weighted by atomic mass is 10.3. The second kappa shape index (κ2) is 7.77. The summed E-state index contributed by atoms with van der Waals surface area (Å²) in [5, 5.41) is 18.2. The number of hydrogen-bond acceptors (Lipinski definition) is 5. The van der Waals surface area contributed by atoms with E-state index in [-0.39, 0.29) is 23.8 Å². The van der Waals surface area contributed by atoms with Crippen LogP contribution in [0.2, 0.25) is 0 Å². The third-order valence-electron chi connectivity index (χ3n) is 3.07. The summed E-state index contributed by atoms with van der Waals surface area (Å²) in [6.07, 6.45) is 1.50. The Morgan fingerprint density at radius 2 is 2.08 bits per heavy atom. The Kier molecular flexibility index (Phi) is 5.50. The van der Waals surface area contributed by atoms with Crippen molar-refractivity contribution in [3.05, 3.63) is 58.5 Å². The molecule has 0 aliphatic carbocycles. The molecule has 3 N–H and O–H groups in total. The number of carbonyl (C=O) groups is 2. The lowest BCUT2D eigenvalue weighted by molar-refractivity contribution is -0.384. The molecule has 2 rings (SSSR count). The minimum atomic E-state index is -0.793. The molecule has 9 nitrogen and oxygen atoms in total. The Labute approximate surface area is 137 Å². The largest absolute Gasteiger partial charge is 0.467 e. The predicted octanol–water partition coefficient (Wildman–Crippen LogP) is 2.01. The average Bonchev–Trinajstić information content (AvgIpc) is 3.06. The van der Waals surface area contributed by atoms with Gasteiger partial charge in [0.15, 0.2) is 0 Å². The summed E-state index contributed by atoms with van der Waals surface area (Å²) in [4.78, 5) is 33.9. The van der Waals surface area contributed by atoms with Gasteiger partial charge in [0.05, 0.1) is 17.7 Å². The number of anilines is 1. The number of non-ortho nitro benzene ring substituents is 1. The van der Waals surface area contributed by atoms with Crippen molar-refractivity contribution in [1.29, 1.82) is 0 Å². The number of nitrogens with one attached hydrogen (secondary N) is 3. The van der Waals surface area contributed by atoms with Crippen LogP contribution in [0.1, 0.15) is 12.7 Å². The molecule has 3 amide bonds. The molecule has 0 aliphatic heterocycles. The van der Waals surface area contributed by atoms with Crippen LogP contribution in [0.25, 0.3) is 0 Å². The topological polar surface area (TPSA) is 127 Å². The number of furan rings is 1. The number of benzene rings is 1. The lowest BCUT2D eigenvalue weighted by Crippen LogP contribution is -2.46. The average molecular weight is 332 g/mol. The fourth-order valence-corrected chi connectivity index (χ4v) is 1.87. The Bertz CT molecular complexity index is 729. The highest BCUT2D eigenvalue weighted by Crippen LogP contribution is 2.16. The molecule has 1 atom stereocenters. The first-order chi connectivity index (χ1) is 11.5. The van der Waals surface area contributed by atoms with E-state index < -0.39 is 17.0 Å². The lowest BCUT2D eigenvalue weighted by Gasteiger charge is -2.14. The van der Waals surface area contributed by atoms with Gasteiger partial charge in [0, 0.05) is 17.8 Å². The van der Waals surface area contributed by atoms with Gasteiger partial charge >= 0.3 is 6.03 Å². The van der Waals surface area contributed by atoms with E-state index in [1.54, 1.807) is 12.1 Å². The van der Waals surface area contributed by atoms with Crippen molar-refractivity contribution in [2.75, 3.05) is 5.32 Å². The van der Waals surface area contributed by atoms with Crippen LogP contribution in [-0.4, -0.2) is 22.9 Å². The molecule has 0 fully saturated rings. The van der Waals surface area contributed by atoms with Crippen molar-refractivity contribution in [1.82, 2.24) is 10.6 Å². The molecular formula is C15H16N4O5. The van der Waals surface area contributed by atoms with Crippen LogP contribution >= 0.6 is 0 Å². The maximum atomic E-state index is 11.9. The predicted molar refractivity (Wildman–Crippen MR) is 85.3 cm³/mol. The Hall–Kier alpha value is -3.36. The monoisotopic (exact) mass is 332 g/mol. The molecule has 1 aromatic carbocycles. The molecule has 9 heteroatoms. The molecule has 0 saturated carbocycles. The van der Waals surface area contributed by atoms with E-state index in [0.29, 0.717) is 5.76 Å². The molecular weight excluding hydrogens is 316 g/mol. The summed E-state index contributed by atoms with van der Waals surface area (Å²) in [5.74, 6) is 0.206. The number of hydrogen-bond donors (Lipinski definition) is 3. The molecule has 2 aromatic rings. The minimum absolute atomic E-state index is 0.142. The summed E-state index contributed by atoms with van der Waals surface area (Å²) < 4.78 is 5.08. The zero-order valence-electron chi connectivity index (χ0n) is 12.8. The smallest absolute Gasteiger partial charge is 0.319 e. The van der Waals surface area contributed by atoms with E-state index >= 15 is 0 Å². The number of amides is 3. The molecule has 0 radical (unpaired) electrons. The highest BCUT2D eigenvalue weighted by molar-refractivity contribution is 5.93. The van der Waals surface area contributed by atoms with E-state index in [1.165, 1.54) is 37.5 Å². The zero-order chi connectivity index (χ0) is 17.5. The van der Waals surface area contributed by atoms with Crippen molar-refractivity contribution in [3.8, 4) is 0 Å². The van der Waals surface area contributed by atoms with E-state index in [9.17, 15) is 19.7 Å². The summed E-state index contributed by atoms with van der Waals surface area (Å²) in [6, 6.07) is 7.48. The van der Waals surface area contributed by atoms with Crippen LogP contribution in [0.5, 0.6) is 0 Å². The Balaban J connectivity index is 1.83. The summed E-state index contributed by atoms with van der Waals surface area (Å²) >= 11 is 0. The summed E-state index contributed by atoms with van der Waals surface area (Å²) in [7, 11) is 0. The van der Waals surface area contributed by atoms with Crippen molar-refractivity contribution in [2.45, 2.75) is 19.5 Å². The highest BCUT2D eigenvalue weighted by atomic mass is 16.6. The first-order valence-corrected chi connectivity index (χ1v) is 7.08. The maximum absolute atomic E-state index is 11.9. The van der Waals surface area contributed by atoms with Crippen LogP contribution in [0.15, 0.2) is 47.1 Å². The molecule has 24 heavy (non-hydrogen) atoms. The van der Waals surface area contributed by atoms with Crippen molar-refractivity contribution in [2.24, 2.45) is 0 Å². The standard InChI is InChI=1S/C15H16N4O5/c1-10(14(20)16-9-13-6-3-7-24-13)17-15(21)18-11-4-2-5-12(8-11)19(22)23/h2-8,10H,9H2,1H3,(H,16,20)(H2,17,18,21)/t10-/m0/s1. The molecule has 0 unspecified atom stereocenters. The summed E-state index contributed by atoms with van der Waals surface area (Å²) in [6.45, 7) is 1.73. The third kappa shape index (κ3) is 4.83. The van der Waals surface area contributed by atoms with Gasteiger partial charge in [-0.25, -0.2) is 4.79 Å². The maximum Gasteiger partial charge on any atom is 0.319 e. The number of carbonyl (C=O) groups excluding carboxylic acids is 2. The quantitative estimate of drug-likeness (QED) is 0.551. The van der Waals surface area contributed by atoms with Gasteiger partial charge in [-0.3, -0.25) is 14.9 Å². The molecule has 1 heterocycles. The SMILES string of the molecule is C[C@H](NC(=O)Nc1cccc([N+](=O)[O-])c1)C(=O)NCc1ccco1. The second-order valence-electron chi connectivity index (χ2n) is 4.92. The third-order valence-corrected chi connectivity index (χ3v) is 3.07. The van der Waals surface area contributed by atoms with Crippen LogP contribution < -0.4 is 16.0 Å². The van der Waals surface area contributed by atoms with Crippen molar-refractivity contribution >= 4 is 23.3 Å². The fourth-order valence-electron chi connectivity index (χ4n) is 1.87. The van der Waals surface area contributed by atoms with Crippen LogP contribution in [0.4, 0.5) is 16.2 Å². The second-order valence-corrected chi connectivity index (χ2v) is 4.92. The van der Waals surface area contributed by atoms with Crippen molar-refractivity contribution < 1.29 is 18.9 Å². The first-order valence-electron chi connectivity index (χ1n) is 7.08. The number of nitro benzene ring substituents is 1. The van der Waals surface area contributed by atoms with Gasteiger partial charge in [-0.1, -0.05) is 6.07 Å². The van der Waals surface area contributed by atoms with Gasteiger partial charge in [-0.05, 0) is 25.1 Å². The Morgan fingerprint density at radius 1 is 1.29 bits per heavy atom. The van der Waals surface area contributed by atoms with Crippen molar-refractivity contribution in [3.63, 3.8) is 0 Å². The summed E-state index contributed by atoms with van der Waals surface area (Å²) in [5.41, 5.74) is 0.113. The van der Waals surface area contributed by atoms with Gasteiger partial charge in [0.1, 0.15) is 11.8 Å². The number of rotatable bonds is 6. The zero-order valence-corrected chi connectivity index (χ0v) is 12.8. The number of nitro groups is 1. The Morgan fingerprint density at radius 3 is 2.75 bits per heavy atom. The molecule has 126 valence electrons. The fraction of sp³-hybridized carbons (Fsp3) is 0.200. The van der Waals surface area contributed by atoms with Gasteiger partial charge in [0.25, 0.3) is 5.69 Å². The van der Waals surface area contributed by atoms with Gasteiger partial charge in [0.2, 0.25) is 5.91 Å². The molecule has 0 saturated heterocycles. The van der Waals surface area contributed by atoms with Crippen LogP contribution in [0.3, 0.4) is 0 Å². The number of nitrogens with zero attached hydrogens (tertiary/aromatic N) is 1. The molecule has 0 aliphatic rings. The van der Waals surface area contributed by atoms with Crippen LogP contribution in [0, 0.1) is 10.1 Å². The normalized spacial score (nSPS) is 11.4. The molecule has 0 spiro atoms. The van der Waals surface area contributed by atoms with E-state index in [1.807, 2.05) is 0 Å².